The van der Waals surface area contributed by atoms with Crippen molar-refractivity contribution >= 4 is 39.4 Å². The van der Waals surface area contributed by atoms with Crippen LogP contribution in [-0.4, -0.2) is 36.8 Å². The summed E-state index contributed by atoms with van der Waals surface area (Å²) < 4.78 is 40.2. The molecule has 1 aromatic heterocycles. The summed E-state index contributed by atoms with van der Waals surface area (Å²) in [6, 6.07) is 10.7. The van der Waals surface area contributed by atoms with Gasteiger partial charge < -0.3 is 14.7 Å². The van der Waals surface area contributed by atoms with Gasteiger partial charge in [-0.25, -0.2) is 13.1 Å². The van der Waals surface area contributed by atoms with E-state index in [2.05, 4.69) is 24.7 Å². The first-order valence-corrected chi connectivity index (χ1v) is 11.6. The standard InChI is InChI=1S/C20H20N6O6S2.2K/c1-12-9-14(5-7-17(12)25(3)4)22-23-20-16(11-21)13(2)24-26(20)18-10-15(34(28,29)30)6-8-19(18)33-32-31-27;;/h5-10,27H,1-4H3,(H,28,29,30);;/q;2*+1/p-2. The van der Waals surface area contributed by atoms with Crippen LogP contribution in [0.2, 0.25) is 0 Å². The van der Waals surface area contributed by atoms with Crippen LogP contribution >= 0.6 is 12.0 Å². The maximum atomic E-state index is 11.6. The first-order chi connectivity index (χ1) is 16.1. The molecule has 178 valence electrons. The fourth-order valence-electron chi connectivity index (χ4n) is 3.15. The fourth-order valence-corrected chi connectivity index (χ4v) is 4.10. The topological polar surface area (TPSA) is 168 Å². The van der Waals surface area contributed by atoms with Crippen molar-refractivity contribution in [3.63, 3.8) is 0 Å². The van der Waals surface area contributed by atoms with Crippen LogP contribution < -0.4 is 113 Å². The molecular formula is C20H18K2N6O6S2. The Labute approximate surface area is 297 Å². The maximum absolute atomic E-state index is 11.6. The second-order valence-electron chi connectivity index (χ2n) is 7.18. The summed E-state index contributed by atoms with van der Waals surface area (Å²) in [6.45, 7) is 3.47. The Morgan fingerprint density at radius 2 is 1.83 bits per heavy atom. The Morgan fingerprint density at radius 1 is 1.14 bits per heavy atom. The van der Waals surface area contributed by atoms with Gasteiger partial charge in [0.25, 0.3) is 0 Å². The molecule has 0 atom stereocenters. The molecule has 0 unspecified atom stereocenters. The molecule has 12 nitrogen and oxygen atoms in total. The molecule has 0 radical (unpaired) electrons. The molecule has 2 aromatic carbocycles. The van der Waals surface area contributed by atoms with E-state index < -0.39 is 15.0 Å². The van der Waals surface area contributed by atoms with E-state index in [0.717, 1.165) is 28.1 Å². The number of anilines is 1. The molecule has 0 fully saturated rings. The average molecular weight is 581 g/mol. The maximum Gasteiger partial charge on any atom is 1.00 e. The van der Waals surface area contributed by atoms with Gasteiger partial charge >= 0.3 is 103 Å². The van der Waals surface area contributed by atoms with E-state index in [0.29, 0.717) is 17.7 Å². The molecule has 0 amide bonds. The van der Waals surface area contributed by atoms with Crippen molar-refractivity contribution in [2.45, 2.75) is 23.6 Å². The van der Waals surface area contributed by atoms with Crippen molar-refractivity contribution in [1.29, 1.82) is 5.26 Å². The third-order valence-electron chi connectivity index (χ3n) is 4.67. The molecule has 0 bridgehead atoms. The molecule has 1 heterocycles. The van der Waals surface area contributed by atoms with Crippen LogP contribution in [0.5, 0.6) is 0 Å². The Morgan fingerprint density at radius 3 is 2.39 bits per heavy atom. The first kappa shape index (κ1) is 34.0. The largest absolute Gasteiger partial charge is 1.00 e. The van der Waals surface area contributed by atoms with Crippen LogP contribution in [-0.2, 0) is 19.5 Å². The van der Waals surface area contributed by atoms with Crippen LogP contribution in [0, 0.1) is 25.2 Å². The molecule has 0 aliphatic rings. The number of hydrogen-bond acceptors (Lipinski definition) is 12. The summed E-state index contributed by atoms with van der Waals surface area (Å²) in [5, 5.41) is 36.0. The summed E-state index contributed by atoms with van der Waals surface area (Å²) in [4.78, 5) is 1.56. The SMILES string of the molecule is Cc1cc(N=Nc2c(C#N)c(C)nn2-c2cc(S(=O)(=O)[O-])ccc2SOO[O-])ccc1N(C)C.[K+].[K+]. The molecule has 0 saturated heterocycles. The average Bonchev–Trinajstić information content (AvgIpc) is 3.10. The summed E-state index contributed by atoms with van der Waals surface area (Å²) in [5.74, 6) is -0.0142. The molecule has 0 aliphatic heterocycles. The fraction of sp³-hybridized carbons (Fsp3) is 0.200. The first-order valence-electron chi connectivity index (χ1n) is 9.49. The van der Waals surface area contributed by atoms with Crippen LogP contribution in [0.3, 0.4) is 0 Å². The minimum Gasteiger partial charge on any atom is -0.744 e. The van der Waals surface area contributed by atoms with Crippen LogP contribution in [0.15, 0.2) is 56.4 Å². The quantitative estimate of drug-likeness (QED) is 0.0668. The van der Waals surface area contributed by atoms with Crippen molar-refractivity contribution in [1.82, 2.24) is 9.78 Å². The second-order valence-corrected chi connectivity index (χ2v) is 9.30. The third-order valence-corrected chi connectivity index (χ3v) is 6.15. The van der Waals surface area contributed by atoms with Gasteiger partial charge in [-0.15, -0.1) is 10.2 Å². The molecule has 16 heteroatoms. The minimum absolute atomic E-state index is 0. The van der Waals surface area contributed by atoms with E-state index in [4.69, 9.17) is 0 Å². The molecule has 0 N–H and O–H groups in total. The van der Waals surface area contributed by atoms with Crippen LogP contribution in [0.4, 0.5) is 17.2 Å². The molecule has 0 spiro atoms. The summed E-state index contributed by atoms with van der Waals surface area (Å²) >= 11 is 0.461. The number of rotatable bonds is 8. The van der Waals surface area contributed by atoms with Crippen molar-refractivity contribution in [3.05, 3.63) is 53.2 Å². The zero-order chi connectivity index (χ0) is 25.0. The normalized spacial score (nSPS) is 11.0. The van der Waals surface area contributed by atoms with Crippen LogP contribution in [0.1, 0.15) is 16.8 Å². The zero-order valence-electron chi connectivity index (χ0n) is 20.4. The number of azo groups is 1. The van der Waals surface area contributed by atoms with E-state index >= 15 is 0 Å². The van der Waals surface area contributed by atoms with Gasteiger partial charge in [-0.1, -0.05) is 0 Å². The van der Waals surface area contributed by atoms with E-state index in [1.54, 1.807) is 13.0 Å². The van der Waals surface area contributed by atoms with E-state index in [9.17, 15) is 23.5 Å². The number of benzene rings is 2. The van der Waals surface area contributed by atoms with Gasteiger partial charge in [-0.3, -0.25) is 5.04 Å². The van der Waals surface area contributed by atoms with Gasteiger partial charge in [-0.2, -0.15) is 14.7 Å². The Kier molecular flexibility index (Phi) is 14.1. The van der Waals surface area contributed by atoms with Gasteiger partial charge in [0.2, 0.25) is 0 Å². The summed E-state index contributed by atoms with van der Waals surface area (Å²) in [6.07, 6.45) is 0. The Balaban J connectivity index is 0.00000324. The van der Waals surface area contributed by atoms with E-state index in [-0.39, 0.29) is 130 Å². The third kappa shape index (κ3) is 8.22. The van der Waals surface area contributed by atoms with Gasteiger partial charge in [0, 0.05) is 19.8 Å². The number of hydrogen-bond donors (Lipinski definition) is 0. The number of aromatic nitrogens is 2. The monoisotopic (exact) mass is 580 g/mol. The molecule has 36 heavy (non-hydrogen) atoms. The zero-order valence-corrected chi connectivity index (χ0v) is 28.3. The van der Waals surface area contributed by atoms with Gasteiger partial charge in [-0.05, 0) is 55.8 Å². The molecule has 0 saturated carbocycles. The molecule has 3 rings (SSSR count). The van der Waals surface area contributed by atoms with E-state index in [1.165, 1.54) is 6.07 Å². The number of nitrogens with zero attached hydrogens (tertiary/aromatic N) is 6. The van der Waals surface area contributed by atoms with Crippen molar-refractivity contribution in [2.75, 3.05) is 19.0 Å². The van der Waals surface area contributed by atoms with Gasteiger partial charge in [0.15, 0.2) is 5.82 Å². The molecule has 3 aromatic rings. The van der Waals surface area contributed by atoms with Crippen LogP contribution in [0.25, 0.3) is 5.69 Å². The minimum atomic E-state index is -4.82. The Hall–Kier alpha value is -0.0473. The predicted octanol–water partition coefficient (Wildman–Crippen LogP) is -3.02. The smallest absolute Gasteiger partial charge is 0.744 e. The van der Waals surface area contributed by atoms with E-state index in [1.807, 2.05) is 44.1 Å². The predicted molar refractivity (Wildman–Crippen MR) is 119 cm³/mol. The van der Waals surface area contributed by atoms with Crippen molar-refractivity contribution in [3.8, 4) is 11.8 Å². The summed E-state index contributed by atoms with van der Waals surface area (Å²) in [5.41, 5.74) is 2.83. The molecule has 0 aliphatic carbocycles. The van der Waals surface area contributed by atoms with Crippen molar-refractivity contribution in [2.24, 2.45) is 10.2 Å². The molecular weight excluding hydrogens is 563 g/mol. The summed E-state index contributed by atoms with van der Waals surface area (Å²) in [7, 11) is -0.992. The van der Waals surface area contributed by atoms with Gasteiger partial charge in [0.05, 0.1) is 38.9 Å². The number of nitriles is 1. The van der Waals surface area contributed by atoms with Crippen molar-refractivity contribution < 1.29 is 130 Å². The second kappa shape index (κ2) is 14.9. The van der Waals surface area contributed by atoms with Gasteiger partial charge in [0.1, 0.15) is 21.8 Å². The number of aryl methyl sites for hydroxylation is 2. The Bertz CT molecular complexity index is 1410.